The van der Waals surface area contributed by atoms with Gasteiger partial charge >= 0.3 is 0 Å². The zero-order valence-corrected chi connectivity index (χ0v) is 12.6. The Morgan fingerprint density at radius 3 is 2.70 bits per heavy atom. The number of nitro groups is 1. The second-order valence-electron chi connectivity index (χ2n) is 5.00. The van der Waals surface area contributed by atoms with Crippen LogP contribution in [0.5, 0.6) is 0 Å². The summed E-state index contributed by atoms with van der Waals surface area (Å²) in [5.74, 6) is 1.37. The van der Waals surface area contributed by atoms with E-state index in [1.165, 1.54) is 6.07 Å². The number of nitrogens with zero attached hydrogens (tertiary/aromatic N) is 5. The number of hydrogen-bond donors (Lipinski definition) is 1. The number of hydrogen-bond acceptors (Lipinski definition) is 8. The molecule has 1 aromatic heterocycles. The Labute approximate surface area is 132 Å². The molecule has 0 amide bonds. The Morgan fingerprint density at radius 1 is 1.22 bits per heavy atom. The summed E-state index contributed by atoms with van der Waals surface area (Å²) >= 11 is 0. The van der Waals surface area contributed by atoms with Crippen molar-refractivity contribution in [3.8, 4) is 0 Å². The summed E-state index contributed by atoms with van der Waals surface area (Å²) in [5.41, 5.74) is 0.314. The number of anilines is 3. The average Bonchev–Trinajstić information content (AvgIpc) is 2.55. The van der Waals surface area contributed by atoms with Gasteiger partial charge in [-0.25, -0.2) is 0 Å². The Kier molecular flexibility index (Phi) is 4.29. The van der Waals surface area contributed by atoms with Gasteiger partial charge in [-0.3, -0.25) is 10.1 Å². The fourth-order valence-electron chi connectivity index (χ4n) is 2.29. The zero-order valence-electron chi connectivity index (χ0n) is 12.6. The monoisotopic (exact) mass is 316 g/mol. The van der Waals surface area contributed by atoms with E-state index in [0.29, 0.717) is 43.8 Å². The first-order valence-electron chi connectivity index (χ1n) is 7.19. The molecule has 9 nitrogen and oxygen atoms in total. The lowest BCUT2D eigenvalue weighted by molar-refractivity contribution is -0.383. The van der Waals surface area contributed by atoms with Gasteiger partial charge in [0, 0.05) is 19.2 Å². The van der Waals surface area contributed by atoms with E-state index in [1.54, 1.807) is 25.1 Å². The highest BCUT2D eigenvalue weighted by Gasteiger charge is 2.17. The maximum absolute atomic E-state index is 11.1. The molecule has 1 aliphatic rings. The van der Waals surface area contributed by atoms with Gasteiger partial charge in [-0.2, -0.15) is 15.0 Å². The van der Waals surface area contributed by atoms with E-state index in [-0.39, 0.29) is 11.6 Å². The average molecular weight is 316 g/mol. The van der Waals surface area contributed by atoms with Crippen LogP contribution in [-0.4, -0.2) is 46.2 Å². The van der Waals surface area contributed by atoms with Gasteiger partial charge in [0.1, 0.15) is 11.5 Å². The second kappa shape index (κ2) is 6.53. The molecule has 1 fully saturated rings. The quantitative estimate of drug-likeness (QED) is 0.670. The van der Waals surface area contributed by atoms with Crippen LogP contribution in [0.4, 0.5) is 23.3 Å². The Balaban J connectivity index is 1.88. The normalized spacial score (nSPS) is 14.6. The molecule has 0 saturated carbocycles. The van der Waals surface area contributed by atoms with E-state index in [1.807, 2.05) is 4.90 Å². The van der Waals surface area contributed by atoms with Gasteiger partial charge in [-0.05, 0) is 13.0 Å². The Bertz CT molecular complexity index is 717. The number of morpholine rings is 1. The molecule has 0 unspecified atom stereocenters. The second-order valence-corrected chi connectivity index (χ2v) is 5.00. The molecule has 9 heteroatoms. The molecule has 2 aromatic rings. The highest BCUT2D eigenvalue weighted by molar-refractivity contribution is 5.66. The van der Waals surface area contributed by atoms with E-state index in [0.717, 1.165) is 0 Å². The van der Waals surface area contributed by atoms with Gasteiger partial charge < -0.3 is 15.0 Å². The van der Waals surface area contributed by atoms with Crippen molar-refractivity contribution in [2.75, 3.05) is 36.5 Å². The molecule has 1 aliphatic heterocycles. The summed E-state index contributed by atoms with van der Waals surface area (Å²) in [5, 5.41) is 14.0. The minimum atomic E-state index is -0.445. The Hall–Kier alpha value is -2.81. The third kappa shape index (κ3) is 3.51. The van der Waals surface area contributed by atoms with Gasteiger partial charge in [-0.1, -0.05) is 12.1 Å². The molecular formula is C14H16N6O3. The molecule has 120 valence electrons. The summed E-state index contributed by atoms with van der Waals surface area (Å²) in [4.78, 5) is 25.5. The first kappa shape index (κ1) is 15.1. The van der Waals surface area contributed by atoms with Crippen LogP contribution < -0.4 is 10.2 Å². The summed E-state index contributed by atoms with van der Waals surface area (Å²) in [6, 6.07) is 6.37. The third-order valence-electron chi connectivity index (χ3n) is 3.38. The number of rotatable bonds is 4. The zero-order chi connectivity index (χ0) is 16.2. The number of benzene rings is 1. The lowest BCUT2D eigenvalue weighted by Gasteiger charge is -2.26. The smallest absolute Gasteiger partial charge is 0.292 e. The summed E-state index contributed by atoms with van der Waals surface area (Å²) in [6.07, 6.45) is 0. The molecule has 2 heterocycles. The van der Waals surface area contributed by atoms with E-state index in [4.69, 9.17) is 4.74 Å². The first-order valence-corrected chi connectivity index (χ1v) is 7.19. The predicted molar refractivity (Wildman–Crippen MR) is 84.0 cm³/mol. The molecule has 0 atom stereocenters. The van der Waals surface area contributed by atoms with Crippen molar-refractivity contribution in [2.24, 2.45) is 0 Å². The molecule has 23 heavy (non-hydrogen) atoms. The molecule has 0 radical (unpaired) electrons. The molecule has 1 N–H and O–H groups in total. The van der Waals surface area contributed by atoms with Crippen molar-refractivity contribution >= 4 is 23.3 Å². The lowest BCUT2D eigenvalue weighted by Crippen LogP contribution is -2.37. The van der Waals surface area contributed by atoms with Crippen LogP contribution in [0.2, 0.25) is 0 Å². The van der Waals surface area contributed by atoms with E-state index >= 15 is 0 Å². The van der Waals surface area contributed by atoms with Crippen LogP contribution in [0, 0.1) is 17.0 Å². The maximum atomic E-state index is 11.1. The van der Waals surface area contributed by atoms with Gasteiger partial charge in [-0.15, -0.1) is 0 Å². The largest absolute Gasteiger partial charge is 0.378 e. The first-order chi connectivity index (χ1) is 11.1. The number of aromatic nitrogens is 3. The number of nitrogens with one attached hydrogen (secondary N) is 1. The van der Waals surface area contributed by atoms with E-state index in [2.05, 4.69) is 20.3 Å². The highest BCUT2D eigenvalue weighted by atomic mass is 16.6. The van der Waals surface area contributed by atoms with Crippen molar-refractivity contribution in [3.63, 3.8) is 0 Å². The lowest BCUT2D eigenvalue weighted by atomic mass is 10.3. The van der Waals surface area contributed by atoms with Crippen molar-refractivity contribution in [1.29, 1.82) is 0 Å². The van der Waals surface area contributed by atoms with Gasteiger partial charge in [0.25, 0.3) is 5.69 Å². The minimum Gasteiger partial charge on any atom is -0.378 e. The fourth-order valence-corrected chi connectivity index (χ4v) is 2.29. The molecular weight excluding hydrogens is 300 g/mol. The minimum absolute atomic E-state index is 0.0292. The van der Waals surface area contributed by atoms with E-state index < -0.39 is 4.92 Å². The number of ether oxygens (including phenoxy) is 1. The number of aryl methyl sites for hydroxylation is 1. The number of nitro benzene ring substituents is 1. The summed E-state index contributed by atoms with van der Waals surface area (Å²) < 4.78 is 5.32. The molecule has 0 spiro atoms. The van der Waals surface area contributed by atoms with Crippen molar-refractivity contribution in [3.05, 3.63) is 40.2 Å². The molecule has 0 aliphatic carbocycles. The summed E-state index contributed by atoms with van der Waals surface area (Å²) in [6.45, 7) is 4.41. The van der Waals surface area contributed by atoms with Crippen LogP contribution in [0.3, 0.4) is 0 Å². The fraction of sp³-hybridized carbons (Fsp3) is 0.357. The summed E-state index contributed by atoms with van der Waals surface area (Å²) in [7, 11) is 0. The Morgan fingerprint density at radius 2 is 1.96 bits per heavy atom. The molecule has 1 saturated heterocycles. The molecule has 1 aromatic carbocycles. The van der Waals surface area contributed by atoms with E-state index in [9.17, 15) is 10.1 Å². The van der Waals surface area contributed by atoms with Crippen LogP contribution in [0.1, 0.15) is 5.82 Å². The maximum Gasteiger partial charge on any atom is 0.292 e. The van der Waals surface area contributed by atoms with Gasteiger partial charge in [0.2, 0.25) is 11.9 Å². The number of para-hydroxylation sites is 2. The molecule has 0 bridgehead atoms. The standard InChI is InChI=1S/C14H16N6O3/c1-10-15-13(17-11-4-2-3-5-12(11)20(21)22)18-14(16-10)19-6-8-23-9-7-19/h2-5H,6-9H2,1H3,(H,15,16,17,18). The van der Waals surface area contributed by atoms with Gasteiger partial charge in [0.05, 0.1) is 18.1 Å². The van der Waals surface area contributed by atoms with Crippen LogP contribution in [0.15, 0.2) is 24.3 Å². The van der Waals surface area contributed by atoms with Crippen molar-refractivity contribution < 1.29 is 9.66 Å². The topological polar surface area (TPSA) is 106 Å². The highest BCUT2D eigenvalue weighted by Crippen LogP contribution is 2.26. The van der Waals surface area contributed by atoms with Crippen LogP contribution >= 0.6 is 0 Å². The van der Waals surface area contributed by atoms with Crippen LogP contribution in [-0.2, 0) is 4.74 Å². The van der Waals surface area contributed by atoms with Crippen LogP contribution in [0.25, 0.3) is 0 Å². The van der Waals surface area contributed by atoms with Gasteiger partial charge in [0.15, 0.2) is 0 Å². The SMILES string of the molecule is Cc1nc(Nc2ccccc2[N+](=O)[O-])nc(N2CCOCC2)n1. The third-order valence-corrected chi connectivity index (χ3v) is 3.38. The molecule has 3 rings (SSSR count). The predicted octanol–water partition coefficient (Wildman–Crippen LogP) is 1.67. The van der Waals surface area contributed by atoms with Crippen molar-refractivity contribution in [1.82, 2.24) is 15.0 Å². The van der Waals surface area contributed by atoms with Crippen molar-refractivity contribution in [2.45, 2.75) is 6.92 Å².